The molecule has 7 heteroatoms. The topological polar surface area (TPSA) is 59.0 Å². The third-order valence-electron chi connectivity index (χ3n) is 2.46. The van der Waals surface area contributed by atoms with Gasteiger partial charge in [0.1, 0.15) is 0 Å². The molecular formula is C13H15ClN3O2S+. The Kier molecular flexibility index (Phi) is 5.03. The van der Waals surface area contributed by atoms with Crippen molar-refractivity contribution in [3.8, 4) is 0 Å². The predicted molar refractivity (Wildman–Crippen MR) is 77.9 cm³/mol. The molecule has 0 spiro atoms. The van der Waals surface area contributed by atoms with E-state index < -0.39 is 0 Å². The van der Waals surface area contributed by atoms with Gasteiger partial charge in [-0.1, -0.05) is 11.6 Å². The average Bonchev–Trinajstić information content (AvgIpc) is 2.87. The number of nitrogens with zero attached hydrogens (tertiary/aromatic N) is 2. The van der Waals surface area contributed by atoms with Gasteiger partial charge in [-0.2, -0.15) is 0 Å². The first kappa shape index (κ1) is 14.9. The number of thioether (sulfide) groups is 1. The van der Waals surface area contributed by atoms with Crippen molar-refractivity contribution in [1.29, 1.82) is 0 Å². The molecule has 0 radical (unpaired) electrons. The van der Waals surface area contributed by atoms with Crippen LogP contribution >= 0.6 is 23.4 Å². The molecule has 2 rings (SSSR count). The van der Waals surface area contributed by atoms with Gasteiger partial charge in [0.2, 0.25) is 11.2 Å². The second kappa shape index (κ2) is 6.76. The lowest BCUT2D eigenvalue weighted by atomic mass is 10.4. The van der Waals surface area contributed by atoms with E-state index in [1.165, 1.54) is 11.8 Å². The standard InChI is InChI=1S/C13H14ClN3O2S/c1-9(2)17-7-13(19-16-17)15-12(18)8-20-11-5-3-10(14)4-6-11/h3-7,9H,8H2,1-2H3/p+1. The average molecular weight is 313 g/mol. The van der Waals surface area contributed by atoms with Crippen LogP contribution in [0.5, 0.6) is 0 Å². The molecule has 0 saturated carbocycles. The highest BCUT2D eigenvalue weighted by atomic mass is 35.5. The van der Waals surface area contributed by atoms with Crippen molar-refractivity contribution in [1.82, 2.24) is 5.27 Å². The highest BCUT2D eigenvalue weighted by molar-refractivity contribution is 8.00. The van der Waals surface area contributed by atoms with E-state index in [-0.39, 0.29) is 11.9 Å². The van der Waals surface area contributed by atoms with Crippen LogP contribution in [0.25, 0.3) is 0 Å². The number of hydrogen-bond acceptors (Lipinski definition) is 4. The predicted octanol–water partition coefficient (Wildman–Crippen LogP) is 2.93. The molecule has 1 aromatic heterocycles. The van der Waals surface area contributed by atoms with Crippen molar-refractivity contribution >= 4 is 35.2 Å². The zero-order valence-electron chi connectivity index (χ0n) is 11.2. The molecule has 0 aliphatic carbocycles. The van der Waals surface area contributed by atoms with E-state index >= 15 is 0 Å². The van der Waals surface area contributed by atoms with Crippen LogP contribution in [0.2, 0.25) is 5.02 Å². The summed E-state index contributed by atoms with van der Waals surface area (Å²) in [6.45, 7) is 3.95. The summed E-state index contributed by atoms with van der Waals surface area (Å²) in [4.78, 5) is 12.8. The number of hydrogen-bond donors (Lipinski definition) is 1. The summed E-state index contributed by atoms with van der Waals surface area (Å²) in [5, 5.41) is 7.14. The Balaban J connectivity index is 1.84. The third kappa shape index (κ3) is 4.25. The Morgan fingerprint density at radius 3 is 2.75 bits per heavy atom. The molecule has 0 saturated heterocycles. The van der Waals surface area contributed by atoms with Crippen LogP contribution in [0.15, 0.2) is 39.9 Å². The van der Waals surface area contributed by atoms with Gasteiger partial charge in [0.05, 0.1) is 5.75 Å². The third-order valence-corrected chi connectivity index (χ3v) is 3.72. The van der Waals surface area contributed by atoms with Gasteiger partial charge in [-0.15, -0.1) is 11.8 Å². The van der Waals surface area contributed by atoms with Crippen molar-refractivity contribution in [3.63, 3.8) is 0 Å². The van der Waals surface area contributed by atoms with Gasteiger partial charge in [0, 0.05) is 9.92 Å². The van der Waals surface area contributed by atoms with Crippen molar-refractivity contribution in [3.05, 3.63) is 35.5 Å². The fourth-order valence-electron chi connectivity index (χ4n) is 1.41. The summed E-state index contributed by atoms with van der Waals surface area (Å²) in [6, 6.07) is 7.53. The monoisotopic (exact) mass is 312 g/mol. The normalized spacial score (nSPS) is 10.8. The fourth-order valence-corrected chi connectivity index (χ4v) is 2.23. The van der Waals surface area contributed by atoms with E-state index in [0.29, 0.717) is 16.7 Å². The van der Waals surface area contributed by atoms with Crippen LogP contribution in [-0.2, 0) is 4.79 Å². The first-order chi connectivity index (χ1) is 9.54. The molecule has 0 aliphatic heterocycles. The van der Waals surface area contributed by atoms with Gasteiger partial charge in [-0.3, -0.25) is 14.6 Å². The summed E-state index contributed by atoms with van der Waals surface area (Å²) in [7, 11) is 0. The quantitative estimate of drug-likeness (QED) is 0.681. The molecule has 0 bridgehead atoms. The van der Waals surface area contributed by atoms with Crippen molar-refractivity contribution < 1.29 is 14.0 Å². The number of aromatic nitrogens is 2. The largest absolute Gasteiger partial charge is 0.302 e. The van der Waals surface area contributed by atoms with E-state index in [1.54, 1.807) is 23.0 Å². The lowest BCUT2D eigenvalue weighted by Gasteiger charge is -2.01. The molecule has 0 fully saturated rings. The molecule has 1 aromatic carbocycles. The zero-order valence-corrected chi connectivity index (χ0v) is 12.7. The SMILES string of the molecule is CC(C)[n+]1cc(NC(=O)CSc2ccc(Cl)cc2)on1. The van der Waals surface area contributed by atoms with Crippen LogP contribution in [0, 0.1) is 0 Å². The molecule has 0 atom stereocenters. The number of amides is 1. The Hall–Kier alpha value is -1.53. The molecule has 0 unspecified atom stereocenters. The molecule has 1 heterocycles. The van der Waals surface area contributed by atoms with Crippen LogP contribution in [0.3, 0.4) is 0 Å². The van der Waals surface area contributed by atoms with E-state index in [2.05, 4.69) is 10.6 Å². The fraction of sp³-hybridized carbons (Fsp3) is 0.308. The highest BCUT2D eigenvalue weighted by Crippen LogP contribution is 2.20. The van der Waals surface area contributed by atoms with Crippen molar-refractivity contribution in [2.45, 2.75) is 24.8 Å². The lowest BCUT2D eigenvalue weighted by molar-refractivity contribution is -0.779. The van der Waals surface area contributed by atoms with Crippen LogP contribution in [0.1, 0.15) is 19.9 Å². The summed E-state index contributed by atoms with van der Waals surface area (Å²) in [6.07, 6.45) is 1.66. The minimum absolute atomic E-state index is 0.142. The van der Waals surface area contributed by atoms with Gasteiger partial charge in [0.15, 0.2) is 6.04 Å². The van der Waals surface area contributed by atoms with E-state index in [9.17, 15) is 4.79 Å². The first-order valence-electron chi connectivity index (χ1n) is 6.11. The number of halogens is 1. The first-order valence-corrected chi connectivity index (χ1v) is 7.47. The molecule has 0 aliphatic rings. The summed E-state index contributed by atoms with van der Waals surface area (Å²) < 4.78 is 6.66. The Morgan fingerprint density at radius 2 is 2.15 bits per heavy atom. The Bertz CT molecular complexity index is 584. The van der Waals surface area contributed by atoms with Gasteiger partial charge in [-0.05, 0) is 42.8 Å². The van der Waals surface area contributed by atoms with Crippen LogP contribution in [-0.4, -0.2) is 16.9 Å². The number of anilines is 1. The Morgan fingerprint density at radius 1 is 1.45 bits per heavy atom. The maximum Gasteiger partial charge on any atom is 0.302 e. The molecule has 106 valence electrons. The zero-order chi connectivity index (χ0) is 14.5. The molecule has 2 aromatic rings. The van der Waals surface area contributed by atoms with Crippen molar-refractivity contribution in [2.75, 3.05) is 11.1 Å². The van der Waals surface area contributed by atoms with E-state index in [4.69, 9.17) is 16.1 Å². The van der Waals surface area contributed by atoms with Crippen LogP contribution in [0.4, 0.5) is 5.88 Å². The minimum atomic E-state index is -0.142. The van der Waals surface area contributed by atoms with Crippen molar-refractivity contribution in [2.24, 2.45) is 0 Å². The molecular weight excluding hydrogens is 298 g/mol. The second-order valence-corrected chi connectivity index (χ2v) is 5.92. The number of rotatable bonds is 5. The van der Waals surface area contributed by atoms with Gasteiger partial charge >= 0.3 is 5.88 Å². The number of nitrogens with one attached hydrogen (secondary N) is 1. The van der Waals surface area contributed by atoms with Gasteiger partial charge in [-0.25, -0.2) is 0 Å². The summed E-state index contributed by atoms with van der Waals surface area (Å²) >= 11 is 7.23. The van der Waals surface area contributed by atoms with Gasteiger partial charge in [0.25, 0.3) is 6.20 Å². The number of benzene rings is 1. The molecule has 1 N–H and O–H groups in total. The van der Waals surface area contributed by atoms with Gasteiger partial charge < -0.3 is 0 Å². The highest BCUT2D eigenvalue weighted by Gasteiger charge is 2.16. The molecule has 5 nitrogen and oxygen atoms in total. The second-order valence-electron chi connectivity index (χ2n) is 4.43. The maximum atomic E-state index is 11.8. The van der Waals surface area contributed by atoms with E-state index in [1.807, 2.05) is 26.0 Å². The minimum Gasteiger partial charge on any atom is -0.288 e. The maximum absolute atomic E-state index is 11.8. The summed E-state index contributed by atoms with van der Waals surface area (Å²) in [5.74, 6) is 0.502. The molecule has 1 amide bonds. The number of carbonyl (C=O) groups excluding carboxylic acids is 1. The number of carbonyl (C=O) groups is 1. The summed E-state index contributed by atoms with van der Waals surface area (Å²) in [5.41, 5.74) is 0. The smallest absolute Gasteiger partial charge is 0.288 e. The Labute approximate surface area is 126 Å². The van der Waals surface area contributed by atoms with Crippen LogP contribution < -0.4 is 10.00 Å². The molecule has 20 heavy (non-hydrogen) atoms. The van der Waals surface area contributed by atoms with E-state index in [0.717, 1.165) is 4.90 Å². The lowest BCUT2D eigenvalue weighted by Crippen LogP contribution is -2.36.